The Morgan fingerprint density at radius 3 is 2.52 bits per heavy atom. The van der Waals surface area contributed by atoms with E-state index in [2.05, 4.69) is 20.6 Å². The predicted molar refractivity (Wildman–Crippen MR) is 78.5 cm³/mol. The van der Waals surface area contributed by atoms with Gasteiger partial charge >= 0.3 is 5.97 Å². The fraction of sp³-hybridized carbons (Fsp3) is 0.571. The lowest BCUT2D eigenvalue weighted by Gasteiger charge is -2.17. The second-order valence-electron chi connectivity index (χ2n) is 5.01. The second-order valence-corrected chi connectivity index (χ2v) is 5.01. The van der Waals surface area contributed by atoms with Crippen molar-refractivity contribution in [2.24, 2.45) is 5.92 Å². The number of carbonyl (C=O) groups is 2. The first-order valence-corrected chi connectivity index (χ1v) is 6.95. The van der Waals surface area contributed by atoms with Gasteiger partial charge in [-0.2, -0.15) is 0 Å². The molecule has 0 aliphatic rings. The molecule has 0 aromatic carbocycles. The minimum absolute atomic E-state index is 0.0492. The molecule has 7 heteroatoms. The zero-order valence-electron chi connectivity index (χ0n) is 12.6. The first-order chi connectivity index (χ1) is 9.99. The summed E-state index contributed by atoms with van der Waals surface area (Å²) in [4.78, 5) is 30.9. The number of hydrogen-bond acceptors (Lipinski definition) is 6. The van der Waals surface area contributed by atoms with E-state index < -0.39 is 5.97 Å². The first kappa shape index (κ1) is 16.9. The summed E-state index contributed by atoms with van der Waals surface area (Å²) in [6, 6.07) is 1.75. The Morgan fingerprint density at radius 2 is 1.90 bits per heavy atom. The van der Waals surface area contributed by atoms with Crippen molar-refractivity contribution in [3.63, 3.8) is 0 Å². The molecule has 7 nitrogen and oxygen atoms in total. The van der Waals surface area contributed by atoms with Gasteiger partial charge in [-0.25, -0.2) is 9.97 Å². The van der Waals surface area contributed by atoms with E-state index in [1.807, 2.05) is 20.8 Å². The van der Waals surface area contributed by atoms with Crippen LogP contribution in [0.5, 0.6) is 0 Å². The van der Waals surface area contributed by atoms with E-state index in [4.69, 9.17) is 4.74 Å². The fourth-order valence-corrected chi connectivity index (χ4v) is 1.35. The van der Waals surface area contributed by atoms with Crippen molar-refractivity contribution >= 4 is 17.8 Å². The maximum atomic E-state index is 11.5. The van der Waals surface area contributed by atoms with Crippen LogP contribution in [0.4, 0.5) is 5.95 Å². The standard InChI is InChI=1S/C14H22N4O3/c1-10(2)11(3)18-12(19)9-21-13(20)5-8-17-14-15-6-4-7-16-14/h4,6-7,10-11H,5,8-9H2,1-3H3,(H,18,19)(H,15,16,17). The number of nitrogens with zero attached hydrogens (tertiary/aromatic N) is 2. The SMILES string of the molecule is CC(C)C(C)NC(=O)COC(=O)CCNc1ncccn1. The van der Waals surface area contributed by atoms with Crippen molar-refractivity contribution in [2.75, 3.05) is 18.5 Å². The van der Waals surface area contributed by atoms with Crippen molar-refractivity contribution in [1.29, 1.82) is 0 Å². The van der Waals surface area contributed by atoms with Gasteiger partial charge in [0, 0.05) is 25.0 Å². The number of aromatic nitrogens is 2. The third-order valence-corrected chi connectivity index (χ3v) is 2.93. The molecule has 1 aromatic rings. The van der Waals surface area contributed by atoms with E-state index >= 15 is 0 Å². The van der Waals surface area contributed by atoms with Gasteiger partial charge in [-0.05, 0) is 18.9 Å². The van der Waals surface area contributed by atoms with Crippen LogP contribution in [0.3, 0.4) is 0 Å². The van der Waals surface area contributed by atoms with Crippen LogP contribution in [0.15, 0.2) is 18.5 Å². The van der Waals surface area contributed by atoms with E-state index in [-0.39, 0.29) is 25.0 Å². The van der Waals surface area contributed by atoms with Gasteiger partial charge in [0.2, 0.25) is 5.95 Å². The van der Waals surface area contributed by atoms with Crippen LogP contribution in [0.2, 0.25) is 0 Å². The topological polar surface area (TPSA) is 93.2 Å². The van der Waals surface area contributed by atoms with E-state index in [9.17, 15) is 9.59 Å². The highest BCUT2D eigenvalue weighted by Gasteiger charge is 2.12. The monoisotopic (exact) mass is 294 g/mol. The molecule has 0 fully saturated rings. The number of rotatable bonds is 8. The van der Waals surface area contributed by atoms with Crippen LogP contribution in [-0.4, -0.2) is 41.0 Å². The third-order valence-electron chi connectivity index (χ3n) is 2.93. The predicted octanol–water partition coefficient (Wildman–Crippen LogP) is 0.982. The molecule has 2 N–H and O–H groups in total. The van der Waals surface area contributed by atoms with Crippen LogP contribution in [0.1, 0.15) is 27.2 Å². The summed E-state index contributed by atoms with van der Waals surface area (Å²) in [7, 11) is 0. The Kier molecular flexibility index (Phi) is 7.14. The van der Waals surface area contributed by atoms with Crippen molar-refractivity contribution in [3.8, 4) is 0 Å². The summed E-state index contributed by atoms with van der Waals surface area (Å²) < 4.78 is 4.89. The number of anilines is 1. The molecule has 116 valence electrons. The van der Waals surface area contributed by atoms with Crippen LogP contribution in [0, 0.1) is 5.92 Å². The zero-order valence-corrected chi connectivity index (χ0v) is 12.6. The van der Waals surface area contributed by atoms with Gasteiger partial charge in [0.25, 0.3) is 5.91 Å². The average molecular weight is 294 g/mol. The number of nitrogens with one attached hydrogen (secondary N) is 2. The van der Waals surface area contributed by atoms with Gasteiger partial charge in [0.05, 0.1) is 6.42 Å². The maximum Gasteiger partial charge on any atom is 0.308 e. The Labute approximate surface area is 124 Å². The average Bonchev–Trinajstić information content (AvgIpc) is 2.46. The van der Waals surface area contributed by atoms with Crippen molar-refractivity contribution in [1.82, 2.24) is 15.3 Å². The van der Waals surface area contributed by atoms with E-state index in [0.29, 0.717) is 18.4 Å². The molecule has 1 heterocycles. The van der Waals surface area contributed by atoms with Crippen molar-refractivity contribution in [3.05, 3.63) is 18.5 Å². The lowest BCUT2D eigenvalue weighted by molar-refractivity contribution is -0.148. The van der Waals surface area contributed by atoms with Gasteiger partial charge in [-0.15, -0.1) is 0 Å². The molecule has 1 aromatic heterocycles. The Balaban J connectivity index is 2.15. The van der Waals surface area contributed by atoms with Gasteiger partial charge in [0.1, 0.15) is 0 Å². The van der Waals surface area contributed by atoms with Crippen LogP contribution in [0.25, 0.3) is 0 Å². The van der Waals surface area contributed by atoms with Gasteiger partial charge in [0.15, 0.2) is 6.61 Å². The smallest absolute Gasteiger partial charge is 0.308 e. The Bertz CT molecular complexity index is 451. The fourth-order valence-electron chi connectivity index (χ4n) is 1.35. The largest absolute Gasteiger partial charge is 0.456 e. The highest BCUT2D eigenvalue weighted by atomic mass is 16.5. The van der Waals surface area contributed by atoms with E-state index in [1.165, 1.54) is 0 Å². The molecule has 1 rings (SSSR count). The van der Waals surface area contributed by atoms with Crippen LogP contribution in [-0.2, 0) is 14.3 Å². The first-order valence-electron chi connectivity index (χ1n) is 6.95. The van der Waals surface area contributed by atoms with E-state index in [0.717, 1.165) is 0 Å². The molecule has 0 radical (unpaired) electrons. The summed E-state index contributed by atoms with van der Waals surface area (Å²) in [5.41, 5.74) is 0. The molecular formula is C14H22N4O3. The summed E-state index contributed by atoms with van der Waals surface area (Å²) in [5, 5.41) is 5.65. The normalized spacial score (nSPS) is 11.8. The van der Waals surface area contributed by atoms with Gasteiger partial charge in [-0.1, -0.05) is 13.8 Å². The number of esters is 1. The molecular weight excluding hydrogens is 272 g/mol. The van der Waals surface area contributed by atoms with Crippen molar-refractivity contribution in [2.45, 2.75) is 33.2 Å². The van der Waals surface area contributed by atoms with E-state index in [1.54, 1.807) is 18.5 Å². The van der Waals surface area contributed by atoms with Crippen LogP contribution < -0.4 is 10.6 Å². The Morgan fingerprint density at radius 1 is 1.24 bits per heavy atom. The minimum Gasteiger partial charge on any atom is -0.456 e. The molecule has 0 aliphatic carbocycles. The number of ether oxygens (including phenoxy) is 1. The van der Waals surface area contributed by atoms with Gasteiger partial charge in [-0.3, -0.25) is 9.59 Å². The quantitative estimate of drug-likeness (QED) is 0.694. The number of hydrogen-bond donors (Lipinski definition) is 2. The molecule has 21 heavy (non-hydrogen) atoms. The van der Waals surface area contributed by atoms with Crippen LogP contribution >= 0.6 is 0 Å². The van der Waals surface area contributed by atoms with Gasteiger partial charge < -0.3 is 15.4 Å². The Hall–Kier alpha value is -2.18. The highest BCUT2D eigenvalue weighted by Crippen LogP contribution is 1.99. The minimum atomic E-state index is -0.439. The molecule has 1 unspecified atom stereocenters. The third kappa shape index (κ3) is 7.24. The number of amides is 1. The second kappa shape index (κ2) is 8.89. The molecule has 0 aliphatic heterocycles. The molecule has 0 saturated heterocycles. The molecule has 0 spiro atoms. The lowest BCUT2D eigenvalue weighted by Crippen LogP contribution is -2.38. The highest BCUT2D eigenvalue weighted by molar-refractivity contribution is 5.80. The molecule has 0 bridgehead atoms. The molecule has 1 atom stereocenters. The summed E-state index contributed by atoms with van der Waals surface area (Å²) in [6.07, 6.45) is 3.35. The van der Waals surface area contributed by atoms with Crippen molar-refractivity contribution < 1.29 is 14.3 Å². The maximum absolute atomic E-state index is 11.5. The zero-order chi connectivity index (χ0) is 15.7. The molecule has 1 amide bonds. The molecule has 0 saturated carbocycles. The summed E-state index contributed by atoms with van der Waals surface area (Å²) >= 11 is 0. The summed E-state index contributed by atoms with van der Waals surface area (Å²) in [6.45, 7) is 6.03. The lowest BCUT2D eigenvalue weighted by atomic mass is 10.1. The summed E-state index contributed by atoms with van der Waals surface area (Å²) in [5.74, 6) is 0.0585. The number of carbonyl (C=O) groups excluding carboxylic acids is 2.